The fraction of sp³-hybridized carbons (Fsp3) is 0.375. The number of nitrogens with one attached hydrogen (secondary N) is 1. The predicted molar refractivity (Wildman–Crippen MR) is 52.9 cm³/mol. The Kier molecular flexibility index (Phi) is 4.06. The molecule has 0 aliphatic rings. The Balaban J connectivity index is 2.19. The summed E-state index contributed by atoms with van der Waals surface area (Å²) in [5.74, 6) is -0.566. The largest absolute Gasteiger partial charge is 0.370 e. The van der Waals surface area contributed by atoms with Crippen LogP contribution < -0.4 is 11.1 Å². The van der Waals surface area contributed by atoms with E-state index in [1.165, 1.54) is 11.3 Å². The van der Waals surface area contributed by atoms with Crippen molar-refractivity contribution in [2.75, 3.05) is 6.54 Å². The Morgan fingerprint density at radius 2 is 2.36 bits per heavy atom. The first-order valence-corrected chi connectivity index (χ1v) is 5.09. The van der Waals surface area contributed by atoms with Gasteiger partial charge in [0.05, 0.1) is 5.51 Å². The predicted octanol–water partition coefficient (Wildman–Crippen LogP) is 0.138. The highest BCUT2D eigenvalue weighted by molar-refractivity contribution is 7.07. The number of nitrogens with zero attached hydrogens (tertiary/aromatic N) is 1. The number of carbonyl (C=O) groups excluding carboxylic acids is 2. The maximum Gasteiger partial charge on any atom is 0.270 e. The summed E-state index contributed by atoms with van der Waals surface area (Å²) in [4.78, 5) is 25.5. The molecule has 76 valence electrons. The second-order valence-electron chi connectivity index (χ2n) is 2.70. The molecule has 5 nitrogen and oxygen atoms in total. The molecule has 1 aromatic heterocycles. The maximum atomic E-state index is 11.3. The highest BCUT2D eigenvalue weighted by Crippen LogP contribution is 2.00. The van der Waals surface area contributed by atoms with Crippen molar-refractivity contribution in [3.63, 3.8) is 0 Å². The van der Waals surface area contributed by atoms with E-state index in [0.29, 0.717) is 18.7 Å². The molecule has 0 aliphatic heterocycles. The van der Waals surface area contributed by atoms with Crippen LogP contribution in [-0.4, -0.2) is 23.3 Å². The van der Waals surface area contributed by atoms with E-state index in [9.17, 15) is 9.59 Å². The quantitative estimate of drug-likeness (QED) is 0.682. The zero-order valence-corrected chi connectivity index (χ0v) is 8.34. The number of hydrogen-bond acceptors (Lipinski definition) is 4. The number of thiazole rings is 1. The number of aromatic nitrogens is 1. The van der Waals surface area contributed by atoms with Gasteiger partial charge in [-0.2, -0.15) is 0 Å². The van der Waals surface area contributed by atoms with Gasteiger partial charge in [0, 0.05) is 18.3 Å². The molecule has 1 heterocycles. The summed E-state index contributed by atoms with van der Waals surface area (Å²) in [6, 6.07) is 0. The van der Waals surface area contributed by atoms with Crippen molar-refractivity contribution in [1.29, 1.82) is 0 Å². The average Bonchev–Trinajstić information content (AvgIpc) is 2.64. The summed E-state index contributed by atoms with van der Waals surface area (Å²) in [7, 11) is 0. The molecular formula is C8H11N3O2S. The number of rotatable bonds is 5. The van der Waals surface area contributed by atoms with E-state index < -0.39 is 0 Å². The van der Waals surface area contributed by atoms with Gasteiger partial charge in [0.25, 0.3) is 5.91 Å². The van der Waals surface area contributed by atoms with Gasteiger partial charge in [0.1, 0.15) is 5.69 Å². The van der Waals surface area contributed by atoms with Crippen molar-refractivity contribution >= 4 is 23.2 Å². The van der Waals surface area contributed by atoms with E-state index in [0.717, 1.165) is 0 Å². The molecule has 0 aromatic carbocycles. The van der Waals surface area contributed by atoms with Crippen LogP contribution in [0.25, 0.3) is 0 Å². The van der Waals surface area contributed by atoms with Crippen molar-refractivity contribution in [1.82, 2.24) is 10.3 Å². The van der Waals surface area contributed by atoms with Gasteiger partial charge in [0.2, 0.25) is 5.91 Å². The molecule has 0 fully saturated rings. The van der Waals surface area contributed by atoms with E-state index in [-0.39, 0.29) is 18.2 Å². The summed E-state index contributed by atoms with van der Waals surface area (Å²) in [6.45, 7) is 0.444. The lowest BCUT2D eigenvalue weighted by Crippen LogP contribution is -2.25. The normalized spacial score (nSPS) is 9.71. The van der Waals surface area contributed by atoms with Gasteiger partial charge in [-0.25, -0.2) is 4.98 Å². The lowest BCUT2D eigenvalue weighted by molar-refractivity contribution is -0.118. The Morgan fingerprint density at radius 1 is 1.57 bits per heavy atom. The zero-order chi connectivity index (χ0) is 10.4. The number of carbonyl (C=O) groups is 2. The van der Waals surface area contributed by atoms with Crippen LogP contribution in [0, 0.1) is 0 Å². The van der Waals surface area contributed by atoms with E-state index in [4.69, 9.17) is 5.73 Å². The van der Waals surface area contributed by atoms with Gasteiger partial charge >= 0.3 is 0 Å². The molecule has 0 saturated carbocycles. The van der Waals surface area contributed by atoms with Crippen LogP contribution >= 0.6 is 11.3 Å². The smallest absolute Gasteiger partial charge is 0.270 e. The van der Waals surface area contributed by atoms with Gasteiger partial charge in [-0.1, -0.05) is 0 Å². The first-order valence-electron chi connectivity index (χ1n) is 4.15. The molecule has 3 N–H and O–H groups in total. The minimum absolute atomic E-state index is 0.212. The van der Waals surface area contributed by atoms with Crippen LogP contribution in [-0.2, 0) is 4.79 Å². The van der Waals surface area contributed by atoms with Crippen LogP contribution in [0.4, 0.5) is 0 Å². The van der Waals surface area contributed by atoms with E-state index >= 15 is 0 Å². The average molecular weight is 213 g/mol. The standard InChI is InChI=1S/C8H11N3O2S/c9-7(12)2-1-3-10-8(13)6-4-14-5-11-6/h4-5H,1-3H2,(H2,9,12)(H,10,13). The molecule has 14 heavy (non-hydrogen) atoms. The van der Waals surface area contributed by atoms with Crippen molar-refractivity contribution in [2.24, 2.45) is 5.73 Å². The molecule has 2 amide bonds. The van der Waals surface area contributed by atoms with Gasteiger partial charge in [-0.15, -0.1) is 11.3 Å². The number of nitrogens with two attached hydrogens (primary N) is 1. The summed E-state index contributed by atoms with van der Waals surface area (Å²) in [5.41, 5.74) is 6.95. The van der Waals surface area contributed by atoms with Crippen LogP contribution in [0.15, 0.2) is 10.9 Å². The third kappa shape index (κ3) is 3.53. The monoisotopic (exact) mass is 213 g/mol. The number of hydrogen-bond donors (Lipinski definition) is 2. The lowest BCUT2D eigenvalue weighted by atomic mass is 10.3. The summed E-state index contributed by atoms with van der Waals surface area (Å²) in [6.07, 6.45) is 0.850. The third-order valence-electron chi connectivity index (χ3n) is 1.55. The topological polar surface area (TPSA) is 85.1 Å². The van der Waals surface area contributed by atoms with Crippen LogP contribution in [0.2, 0.25) is 0 Å². The highest BCUT2D eigenvalue weighted by atomic mass is 32.1. The highest BCUT2D eigenvalue weighted by Gasteiger charge is 2.05. The lowest BCUT2D eigenvalue weighted by Gasteiger charge is -2.00. The van der Waals surface area contributed by atoms with Crippen molar-refractivity contribution < 1.29 is 9.59 Å². The minimum Gasteiger partial charge on any atom is -0.370 e. The van der Waals surface area contributed by atoms with E-state index in [2.05, 4.69) is 10.3 Å². The molecule has 0 radical (unpaired) electrons. The zero-order valence-electron chi connectivity index (χ0n) is 7.53. The fourth-order valence-electron chi connectivity index (χ4n) is 0.880. The van der Waals surface area contributed by atoms with Gasteiger partial charge in [0.15, 0.2) is 0 Å². The summed E-state index contributed by atoms with van der Waals surface area (Å²) in [5, 5.41) is 4.31. The van der Waals surface area contributed by atoms with E-state index in [1.54, 1.807) is 10.9 Å². The second kappa shape index (κ2) is 5.33. The minimum atomic E-state index is -0.354. The summed E-state index contributed by atoms with van der Waals surface area (Å²) < 4.78 is 0. The molecule has 1 rings (SSSR count). The molecule has 0 bridgehead atoms. The van der Waals surface area contributed by atoms with Crippen LogP contribution in [0.5, 0.6) is 0 Å². The third-order valence-corrected chi connectivity index (χ3v) is 2.14. The Labute approximate surface area is 85.3 Å². The molecular weight excluding hydrogens is 202 g/mol. The SMILES string of the molecule is NC(=O)CCCNC(=O)c1cscn1. The fourth-order valence-corrected chi connectivity index (χ4v) is 1.41. The van der Waals surface area contributed by atoms with Crippen LogP contribution in [0.1, 0.15) is 23.3 Å². The van der Waals surface area contributed by atoms with Gasteiger partial charge < -0.3 is 11.1 Å². The van der Waals surface area contributed by atoms with Crippen LogP contribution in [0.3, 0.4) is 0 Å². The molecule has 1 aromatic rings. The first-order chi connectivity index (χ1) is 6.70. The van der Waals surface area contributed by atoms with Crippen molar-refractivity contribution in [3.8, 4) is 0 Å². The van der Waals surface area contributed by atoms with Gasteiger partial charge in [-0.05, 0) is 6.42 Å². The van der Waals surface area contributed by atoms with Gasteiger partial charge in [-0.3, -0.25) is 9.59 Å². The second-order valence-corrected chi connectivity index (χ2v) is 3.42. The Bertz CT molecular complexity index is 310. The van der Waals surface area contributed by atoms with Crippen molar-refractivity contribution in [3.05, 3.63) is 16.6 Å². The molecule has 0 aliphatic carbocycles. The number of amides is 2. The Hall–Kier alpha value is -1.43. The van der Waals surface area contributed by atoms with E-state index in [1.807, 2.05) is 0 Å². The molecule has 0 unspecified atom stereocenters. The maximum absolute atomic E-state index is 11.3. The Morgan fingerprint density at radius 3 is 2.93 bits per heavy atom. The molecule has 0 saturated heterocycles. The molecule has 0 atom stereocenters. The van der Waals surface area contributed by atoms with Crippen molar-refractivity contribution in [2.45, 2.75) is 12.8 Å². The number of primary amides is 1. The first kappa shape index (κ1) is 10.6. The molecule has 6 heteroatoms. The summed E-state index contributed by atoms with van der Waals surface area (Å²) >= 11 is 1.37. The molecule has 0 spiro atoms.